The Morgan fingerprint density at radius 1 is 1.28 bits per heavy atom. The highest BCUT2D eigenvalue weighted by Gasteiger charge is 2.01. The van der Waals surface area contributed by atoms with Crippen LogP contribution in [0.4, 0.5) is 5.69 Å². The van der Waals surface area contributed by atoms with E-state index in [2.05, 4.69) is 20.4 Å². The Morgan fingerprint density at radius 2 is 2.11 bits per heavy atom. The number of aromatic amines is 2. The van der Waals surface area contributed by atoms with Crippen LogP contribution in [0.2, 0.25) is 0 Å². The molecule has 0 unspecified atom stereocenters. The van der Waals surface area contributed by atoms with E-state index in [-0.39, 0.29) is 5.69 Å². The fraction of sp³-hybridized carbons (Fsp3) is 0.167. The first-order valence-corrected chi connectivity index (χ1v) is 5.65. The number of benzene rings is 1. The summed E-state index contributed by atoms with van der Waals surface area (Å²) in [5.41, 5.74) is 3.48. The molecule has 0 amide bonds. The van der Waals surface area contributed by atoms with Crippen LogP contribution in [-0.4, -0.2) is 19.7 Å². The average molecular weight is 243 g/mol. The Bertz CT molecular complexity index is 736. The van der Waals surface area contributed by atoms with Crippen molar-refractivity contribution in [3.63, 3.8) is 0 Å². The third kappa shape index (κ3) is 1.88. The maximum atomic E-state index is 11.1. The topological polar surface area (TPSA) is 78.5 Å². The molecule has 3 rings (SSSR count). The van der Waals surface area contributed by atoms with Crippen molar-refractivity contribution in [1.82, 2.24) is 19.7 Å². The van der Waals surface area contributed by atoms with Gasteiger partial charge in [-0.15, -0.1) is 0 Å². The summed E-state index contributed by atoms with van der Waals surface area (Å²) in [5.74, 6) is 0. The lowest BCUT2D eigenvalue weighted by Crippen LogP contribution is -2.05. The number of H-pyrrole nitrogens is 2. The number of hydrogen-bond donors (Lipinski definition) is 3. The maximum Gasteiger partial charge on any atom is 0.323 e. The number of aryl methyl sites for hydroxylation is 1. The molecule has 0 saturated heterocycles. The predicted octanol–water partition coefficient (Wildman–Crippen LogP) is 1.20. The molecule has 2 heterocycles. The summed E-state index contributed by atoms with van der Waals surface area (Å²) in [6.07, 6.45) is 1.77. The van der Waals surface area contributed by atoms with Gasteiger partial charge in [0.25, 0.3) is 0 Å². The Labute approximate surface area is 103 Å². The monoisotopic (exact) mass is 243 g/mol. The van der Waals surface area contributed by atoms with E-state index < -0.39 is 0 Å². The molecule has 0 aliphatic rings. The van der Waals surface area contributed by atoms with Crippen molar-refractivity contribution in [3.8, 4) is 0 Å². The zero-order valence-electron chi connectivity index (χ0n) is 9.90. The van der Waals surface area contributed by atoms with Gasteiger partial charge in [0.2, 0.25) is 0 Å². The molecule has 0 spiro atoms. The van der Waals surface area contributed by atoms with E-state index in [1.807, 2.05) is 36.0 Å². The molecular weight excluding hydrogens is 230 g/mol. The Morgan fingerprint density at radius 3 is 2.89 bits per heavy atom. The van der Waals surface area contributed by atoms with E-state index in [9.17, 15) is 4.79 Å². The minimum Gasteiger partial charge on any atom is -0.379 e. The standard InChI is InChI=1S/C12H13N5O/c1-17-9(4-5-14-17)7-13-8-2-3-10-11(6-8)16-12(18)15-10/h2-6,13H,7H2,1H3,(H2,15,16,18). The number of fused-ring (bicyclic) bond motifs is 1. The number of anilines is 1. The third-order valence-electron chi connectivity index (χ3n) is 2.91. The summed E-state index contributed by atoms with van der Waals surface area (Å²) in [6, 6.07) is 7.68. The molecule has 6 heteroatoms. The highest BCUT2D eigenvalue weighted by atomic mass is 16.1. The molecule has 92 valence electrons. The predicted molar refractivity (Wildman–Crippen MR) is 69.5 cm³/mol. The SMILES string of the molecule is Cn1nccc1CNc1ccc2[nH]c(=O)[nH]c2c1. The number of rotatable bonds is 3. The first-order chi connectivity index (χ1) is 8.72. The number of nitrogens with one attached hydrogen (secondary N) is 3. The highest BCUT2D eigenvalue weighted by molar-refractivity contribution is 5.78. The summed E-state index contributed by atoms with van der Waals surface area (Å²) < 4.78 is 1.82. The minimum atomic E-state index is -0.186. The second-order valence-electron chi connectivity index (χ2n) is 4.14. The van der Waals surface area contributed by atoms with Gasteiger partial charge in [0.15, 0.2) is 0 Å². The van der Waals surface area contributed by atoms with E-state index in [1.54, 1.807) is 6.20 Å². The van der Waals surface area contributed by atoms with Gasteiger partial charge in [0.05, 0.1) is 23.3 Å². The summed E-state index contributed by atoms with van der Waals surface area (Å²) in [7, 11) is 1.91. The quantitative estimate of drug-likeness (QED) is 0.646. The van der Waals surface area contributed by atoms with Crippen LogP contribution in [0.5, 0.6) is 0 Å². The number of aromatic nitrogens is 4. The first-order valence-electron chi connectivity index (χ1n) is 5.65. The van der Waals surface area contributed by atoms with E-state index >= 15 is 0 Å². The fourth-order valence-electron chi connectivity index (χ4n) is 1.91. The molecule has 3 aromatic rings. The molecule has 0 fully saturated rings. The van der Waals surface area contributed by atoms with Gasteiger partial charge in [0, 0.05) is 18.9 Å². The van der Waals surface area contributed by atoms with E-state index in [0.717, 1.165) is 22.4 Å². The number of nitrogens with zero attached hydrogens (tertiary/aromatic N) is 2. The minimum absolute atomic E-state index is 0.186. The fourth-order valence-corrected chi connectivity index (χ4v) is 1.91. The summed E-state index contributed by atoms with van der Waals surface area (Å²) in [4.78, 5) is 16.6. The number of imidazole rings is 1. The molecule has 18 heavy (non-hydrogen) atoms. The molecule has 0 saturated carbocycles. The van der Waals surface area contributed by atoms with Gasteiger partial charge in [-0.1, -0.05) is 0 Å². The third-order valence-corrected chi connectivity index (χ3v) is 2.91. The molecule has 1 aromatic carbocycles. The Balaban J connectivity index is 1.82. The lowest BCUT2D eigenvalue weighted by Gasteiger charge is -2.06. The highest BCUT2D eigenvalue weighted by Crippen LogP contribution is 2.15. The Kier molecular flexibility index (Phi) is 2.40. The van der Waals surface area contributed by atoms with E-state index in [4.69, 9.17) is 0 Å². The van der Waals surface area contributed by atoms with Crippen molar-refractivity contribution in [1.29, 1.82) is 0 Å². The lowest BCUT2D eigenvalue weighted by atomic mass is 10.2. The molecule has 0 aliphatic heterocycles. The smallest absolute Gasteiger partial charge is 0.323 e. The number of hydrogen-bond acceptors (Lipinski definition) is 3. The first kappa shape index (κ1) is 10.6. The summed E-state index contributed by atoms with van der Waals surface area (Å²) in [5, 5.41) is 7.40. The normalized spacial score (nSPS) is 10.9. The van der Waals surface area contributed by atoms with Crippen LogP contribution >= 0.6 is 0 Å². The Hall–Kier alpha value is -2.50. The van der Waals surface area contributed by atoms with E-state index in [1.165, 1.54) is 0 Å². The van der Waals surface area contributed by atoms with Crippen LogP contribution in [0.1, 0.15) is 5.69 Å². The van der Waals surface area contributed by atoms with Gasteiger partial charge in [-0.05, 0) is 24.3 Å². The molecule has 0 radical (unpaired) electrons. The van der Waals surface area contributed by atoms with Crippen molar-refractivity contribution in [3.05, 3.63) is 46.6 Å². The van der Waals surface area contributed by atoms with Crippen LogP contribution in [0.15, 0.2) is 35.3 Å². The molecule has 0 aliphatic carbocycles. The van der Waals surface area contributed by atoms with Crippen LogP contribution in [0.25, 0.3) is 11.0 Å². The zero-order valence-corrected chi connectivity index (χ0v) is 9.90. The lowest BCUT2D eigenvalue weighted by molar-refractivity contribution is 0.720. The summed E-state index contributed by atoms with van der Waals surface area (Å²) in [6.45, 7) is 0.691. The van der Waals surface area contributed by atoms with Gasteiger partial charge in [-0.3, -0.25) is 4.68 Å². The van der Waals surface area contributed by atoms with E-state index in [0.29, 0.717) is 6.54 Å². The van der Waals surface area contributed by atoms with Crippen LogP contribution < -0.4 is 11.0 Å². The van der Waals surface area contributed by atoms with Gasteiger partial charge in [-0.25, -0.2) is 4.79 Å². The van der Waals surface area contributed by atoms with Gasteiger partial charge < -0.3 is 15.3 Å². The second-order valence-corrected chi connectivity index (χ2v) is 4.14. The molecule has 2 aromatic heterocycles. The van der Waals surface area contributed by atoms with Crippen molar-refractivity contribution < 1.29 is 0 Å². The van der Waals surface area contributed by atoms with Crippen molar-refractivity contribution in [2.24, 2.45) is 7.05 Å². The largest absolute Gasteiger partial charge is 0.379 e. The van der Waals surface area contributed by atoms with Crippen molar-refractivity contribution in [2.75, 3.05) is 5.32 Å². The van der Waals surface area contributed by atoms with Crippen molar-refractivity contribution in [2.45, 2.75) is 6.54 Å². The van der Waals surface area contributed by atoms with Gasteiger partial charge in [0.1, 0.15) is 0 Å². The zero-order chi connectivity index (χ0) is 12.5. The maximum absolute atomic E-state index is 11.1. The van der Waals surface area contributed by atoms with Crippen molar-refractivity contribution >= 4 is 16.7 Å². The molecular formula is C12H13N5O. The van der Waals surface area contributed by atoms with Gasteiger partial charge in [-0.2, -0.15) is 5.10 Å². The van der Waals surface area contributed by atoms with Crippen LogP contribution in [-0.2, 0) is 13.6 Å². The summed E-state index contributed by atoms with van der Waals surface area (Å²) >= 11 is 0. The molecule has 3 N–H and O–H groups in total. The van der Waals surface area contributed by atoms with Gasteiger partial charge >= 0.3 is 5.69 Å². The second kappa shape index (κ2) is 4.06. The molecule has 6 nitrogen and oxygen atoms in total. The van der Waals surface area contributed by atoms with Crippen LogP contribution in [0.3, 0.4) is 0 Å². The average Bonchev–Trinajstić information content (AvgIpc) is 2.90. The molecule has 0 atom stereocenters. The van der Waals surface area contributed by atoms with Crippen LogP contribution in [0, 0.1) is 0 Å². The molecule has 0 bridgehead atoms.